The van der Waals surface area contributed by atoms with Gasteiger partial charge < -0.3 is 51.2 Å². The van der Waals surface area contributed by atoms with Gasteiger partial charge in [-0.05, 0) is 157 Å². The zero-order valence-corrected chi connectivity index (χ0v) is 46.3. The van der Waals surface area contributed by atoms with E-state index in [-0.39, 0.29) is 66.1 Å². The molecule has 12 unspecified atom stereocenters. The molecule has 11 rings (SSSR count). The first kappa shape index (κ1) is 55.1. The number of nitrogens with one attached hydrogen (secondary N) is 4. The Labute approximate surface area is 470 Å². The Hall–Kier alpha value is -6.80. The van der Waals surface area contributed by atoms with E-state index >= 15 is 4.79 Å². The zero-order valence-electron chi connectivity index (χ0n) is 46.3. The molecule has 9 N–H and O–H groups in total. The highest BCUT2D eigenvalue weighted by Gasteiger charge is 2.53. The Bertz CT molecular complexity index is 3290. The lowest BCUT2D eigenvalue weighted by Gasteiger charge is -2.49. The lowest BCUT2D eigenvalue weighted by atomic mass is 9.56. The molecule has 12 heteroatoms. The molecule has 12 atom stereocenters. The van der Waals surface area contributed by atoms with Crippen molar-refractivity contribution in [1.82, 2.24) is 15.6 Å². The number of aliphatic hydroxyl groups is 3. The van der Waals surface area contributed by atoms with Gasteiger partial charge in [-0.2, -0.15) is 0 Å². The molecule has 1 aromatic heterocycles. The van der Waals surface area contributed by atoms with Crippen LogP contribution in [0.1, 0.15) is 136 Å². The zero-order chi connectivity index (χ0) is 55.5. The van der Waals surface area contributed by atoms with Crippen LogP contribution in [0.15, 0.2) is 109 Å². The molecule has 0 amide bonds. The predicted octanol–water partition coefficient (Wildman–Crippen LogP) is 9.98. The predicted molar refractivity (Wildman–Crippen MR) is 312 cm³/mol. The van der Waals surface area contributed by atoms with E-state index in [1.807, 2.05) is 60.7 Å². The summed E-state index contributed by atoms with van der Waals surface area (Å²) in [5, 5.41) is 72.4. The van der Waals surface area contributed by atoms with Gasteiger partial charge in [0.1, 0.15) is 11.6 Å². The molecule has 80 heavy (non-hydrogen) atoms. The molecule has 4 aliphatic carbocycles. The Morgan fingerprint density at radius 3 is 2.49 bits per heavy atom. The lowest BCUT2D eigenvalue weighted by molar-refractivity contribution is -0.142. The second-order valence-electron chi connectivity index (χ2n) is 24.0. The third-order valence-electron chi connectivity index (χ3n) is 18.9. The van der Waals surface area contributed by atoms with Crippen LogP contribution in [0.25, 0.3) is 10.8 Å². The monoisotopic (exact) mass is 1080 g/mol. The third kappa shape index (κ3) is 11.4. The second kappa shape index (κ2) is 24.1. The molecule has 3 heterocycles. The molecule has 0 radical (unpaired) electrons. The van der Waals surface area contributed by atoms with E-state index in [0.717, 1.165) is 102 Å². The van der Waals surface area contributed by atoms with Gasteiger partial charge in [-0.25, -0.2) is 0 Å². The summed E-state index contributed by atoms with van der Waals surface area (Å²) in [4.78, 5) is 33.5. The van der Waals surface area contributed by atoms with Crippen molar-refractivity contribution in [3.8, 4) is 40.9 Å². The van der Waals surface area contributed by atoms with Gasteiger partial charge in [-0.15, -0.1) is 5.92 Å². The quantitative estimate of drug-likeness (QED) is 0.0603. The molecular formula is C68H78N4O8. The number of aromatic amines is 1. The average Bonchev–Trinajstić information content (AvgIpc) is 4.03. The number of carbonyl (C=O) groups is 2. The molecule has 2 fully saturated rings. The number of ketones is 2. The molecular weight excluding hydrogens is 1000 g/mol. The number of aryl methyl sites for hydroxylation is 1. The van der Waals surface area contributed by atoms with Crippen molar-refractivity contribution in [1.29, 1.82) is 0 Å². The fourth-order valence-electron chi connectivity index (χ4n) is 14.7. The molecule has 0 saturated heterocycles. The van der Waals surface area contributed by atoms with Gasteiger partial charge in [0.15, 0.2) is 29.2 Å². The summed E-state index contributed by atoms with van der Waals surface area (Å²) in [6.07, 6.45) is 12.4. The summed E-state index contributed by atoms with van der Waals surface area (Å²) in [5.74, 6) is 12.4. The van der Waals surface area contributed by atoms with E-state index < -0.39 is 53.0 Å². The number of Topliss-reactive ketones (excluding diaryl/α,β-unsaturated/α-hetero) is 2. The number of dihydropyridines is 1. The molecule has 4 aromatic carbocycles. The highest BCUT2D eigenvalue weighted by Crippen LogP contribution is 2.53. The second-order valence-corrected chi connectivity index (χ2v) is 24.0. The van der Waals surface area contributed by atoms with Crippen molar-refractivity contribution in [3.05, 3.63) is 142 Å². The largest absolute Gasteiger partial charge is 0.507 e. The number of hydrogen-bond acceptors (Lipinski definition) is 11. The van der Waals surface area contributed by atoms with Crippen LogP contribution < -0.4 is 20.7 Å². The number of benzene rings is 4. The first-order chi connectivity index (χ1) is 38.9. The first-order valence-corrected chi connectivity index (χ1v) is 29.5. The topological polar surface area (TPSA) is 196 Å². The lowest BCUT2D eigenvalue weighted by Crippen LogP contribution is -2.53. The number of rotatable bonds is 2. The normalized spacial score (nSPS) is 30.5. The number of aliphatic hydroxyl groups excluding tert-OH is 3. The van der Waals surface area contributed by atoms with Gasteiger partial charge in [0.05, 0.1) is 30.7 Å². The van der Waals surface area contributed by atoms with E-state index in [4.69, 9.17) is 4.74 Å². The first-order valence-electron chi connectivity index (χ1n) is 29.5. The van der Waals surface area contributed by atoms with Crippen molar-refractivity contribution in [2.75, 3.05) is 32.1 Å². The van der Waals surface area contributed by atoms with E-state index in [1.54, 1.807) is 12.1 Å². The molecule has 1 spiro atoms. The molecule has 2 saturated carbocycles. The summed E-state index contributed by atoms with van der Waals surface area (Å²) < 4.78 is 5.56. The van der Waals surface area contributed by atoms with Gasteiger partial charge >= 0.3 is 0 Å². The number of allylic oxidation sites excluding steroid dienone is 2. The Morgan fingerprint density at radius 2 is 1.64 bits per heavy atom. The van der Waals surface area contributed by atoms with Gasteiger partial charge in [0, 0.05) is 79.6 Å². The Morgan fingerprint density at radius 1 is 0.800 bits per heavy atom. The van der Waals surface area contributed by atoms with E-state index in [9.17, 15) is 30.3 Å². The van der Waals surface area contributed by atoms with Crippen LogP contribution in [-0.2, 0) is 27.8 Å². The standard InChI is InChI=1S/C68H78N4O8/c1-41-38-69-40-53(73)32-48-18-17-45-19-22-52(36-58(45)64(48)76)72-63-31-42(25-27-70-63)28-43-29-46-20-23-54(44-12-6-5-7-13-44)56-37-60(75)61(80-2)34-47(56)21-24-59(74)66(78)65(77)57(46)33-49(30-43)55-16-9-4-3-8-14-51-15-10-11-26-68(51,67(55)79)62-35-50(41)39-71-62/h5-7,12-13,17-19,22,25,31,34-37,39,41,43,46,49,51,53-55,57,66-67,69-73,75-76,78-79H,3-4,9-11,15-16,21,24,26-30,32-33,38,40H2,1-2H3. The number of anilines is 1. The van der Waals surface area contributed by atoms with Crippen LogP contribution in [0.5, 0.6) is 17.2 Å². The van der Waals surface area contributed by atoms with Crippen LogP contribution in [-0.4, -0.2) is 87.1 Å². The Kier molecular flexibility index (Phi) is 16.6. The van der Waals surface area contributed by atoms with Crippen molar-refractivity contribution >= 4 is 28.0 Å². The fraction of sp³-hybridized carbons (Fsp3) is 0.471. The van der Waals surface area contributed by atoms with Crippen molar-refractivity contribution in [2.45, 2.75) is 139 Å². The number of aromatic nitrogens is 1. The minimum absolute atomic E-state index is 0.0257. The van der Waals surface area contributed by atoms with E-state index in [0.29, 0.717) is 56.3 Å². The van der Waals surface area contributed by atoms with Gasteiger partial charge in [0.2, 0.25) is 0 Å². The molecule has 11 bridgehead atoms. The van der Waals surface area contributed by atoms with Crippen molar-refractivity contribution in [3.63, 3.8) is 0 Å². The summed E-state index contributed by atoms with van der Waals surface area (Å²) in [7, 11) is 1.49. The third-order valence-corrected chi connectivity index (χ3v) is 18.9. The smallest absolute Gasteiger partial charge is 0.173 e. The highest BCUT2D eigenvalue weighted by molar-refractivity contribution is 6.06. The van der Waals surface area contributed by atoms with Crippen molar-refractivity contribution < 1.29 is 39.9 Å². The maximum Gasteiger partial charge on any atom is 0.173 e. The number of hydrogen-bond donors (Lipinski definition) is 9. The van der Waals surface area contributed by atoms with E-state index in [1.165, 1.54) is 7.11 Å². The number of methoxy groups -OCH3 is 1. The molecule has 12 nitrogen and oxygen atoms in total. The highest BCUT2D eigenvalue weighted by atomic mass is 16.5. The molecule has 5 aromatic rings. The number of carbonyl (C=O) groups excluding carboxylic acids is 2. The summed E-state index contributed by atoms with van der Waals surface area (Å²) in [5.41, 5.74) is 6.29. The van der Waals surface area contributed by atoms with Crippen LogP contribution in [0.2, 0.25) is 0 Å². The molecule has 2 aliphatic heterocycles. The SMILES string of the molecule is COc1cc2c(cc1O)C(c1ccccc1)C#CC1CC3CC4=CCNC(=C4)Nc4ccc5ccc(c(O)c5c4)CC(O)CNCC(C)c4c[nH]c(c4)C45CCCCC4C#CCCCCC(C(C3)CC1C(=O)C(O)C(=O)CC2)C5O. The maximum atomic E-state index is 15.4. The van der Waals surface area contributed by atoms with Gasteiger partial charge in [0.25, 0.3) is 0 Å². The molecule has 418 valence electrons. The van der Waals surface area contributed by atoms with Crippen LogP contribution >= 0.6 is 0 Å². The number of fused-ring (bicyclic) bond motifs is 11. The van der Waals surface area contributed by atoms with Crippen LogP contribution in [0.4, 0.5) is 5.69 Å². The number of phenolic OH excluding ortho intramolecular Hbond substituents is 2. The number of β-amino-alcohol motifs (C(OH)–C–C–N with tert-alkyl or cyclic N) is 1. The summed E-state index contributed by atoms with van der Waals surface area (Å²) >= 11 is 0. The average molecular weight is 1080 g/mol. The minimum atomic E-state index is -1.86. The Balaban J connectivity index is 1.06. The number of H-pyrrole nitrogens is 1. The van der Waals surface area contributed by atoms with Crippen molar-refractivity contribution in [2.24, 2.45) is 35.5 Å². The minimum Gasteiger partial charge on any atom is -0.507 e. The van der Waals surface area contributed by atoms with Gasteiger partial charge in [-0.3, -0.25) is 9.59 Å². The van der Waals surface area contributed by atoms with Gasteiger partial charge in [-0.1, -0.05) is 98.6 Å². The molecule has 6 aliphatic rings. The number of ether oxygens (including phenoxy) is 1. The number of phenols is 2. The maximum absolute atomic E-state index is 15.4. The fourth-order valence-corrected chi connectivity index (χ4v) is 14.7. The van der Waals surface area contributed by atoms with Crippen LogP contribution in [0, 0.1) is 59.2 Å². The summed E-state index contributed by atoms with van der Waals surface area (Å²) in [6.45, 7) is 3.67. The van der Waals surface area contributed by atoms with E-state index in [2.05, 4.69) is 76.0 Å². The summed E-state index contributed by atoms with van der Waals surface area (Å²) in [6, 6.07) is 25.4. The number of aromatic hydroxyl groups is 2. The van der Waals surface area contributed by atoms with Crippen LogP contribution in [0.3, 0.4) is 0 Å².